The molecule has 0 spiro atoms. The second kappa shape index (κ2) is 5.02. The highest BCUT2D eigenvalue weighted by molar-refractivity contribution is 7.90. The zero-order chi connectivity index (χ0) is 12.4. The van der Waals surface area contributed by atoms with Crippen LogP contribution in [-0.2, 0) is 10.0 Å². The van der Waals surface area contributed by atoms with Gasteiger partial charge >= 0.3 is 0 Å². The van der Waals surface area contributed by atoms with Crippen LogP contribution in [0.2, 0.25) is 0 Å². The van der Waals surface area contributed by atoms with Crippen LogP contribution in [0.4, 0.5) is 0 Å². The topological polar surface area (TPSA) is 49.4 Å². The fraction of sp³-hybridized carbons (Fsp3) is 1.00. The molecule has 1 rings (SSSR count). The Morgan fingerprint density at radius 2 is 1.75 bits per heavy atom. The first-order valence-electron chi connectivity index (χ1n) is 6.02. The molecule has 0 saturated carbocycles. The highest BCUT2D eigenvalue weighted by Gasteiger charge is 2.36. The molecule has 5 heteroatoms. The zero-order valence-corrected chi connectivity index (χ0v) is 11.6. The number of hydrogen-bond acceptors (Lipinski definition) is 3. The fourth-order valence-corrected chi connectivity index (χ4v) is 3.44. The van der Waals surface area contributed by atoms with Gasteiger partial charge in [0.1, 0.15) is 0 Å². The van der Waals surface area contributed by atoms with Gasteiger partial charge in [0.25, 0.3) is 0 Å². The first kappa shape index (κ1) is 13.9. The molecule has 0 aliphatic carbocycles. The van der Waals surface area contributed by atoms with Crippen molar-refractivity contribution in [1.82, 2.24) is 9.62 Å². The Labute approximate surface area is 99.5 Å². The number of sulfonamides is 1. The molecule has 0 amide bonds. The van der Waals surface area contributed by atoms with E-state index in [4.69, 9.17) is 0 Å². The average Bonchev–Trinajstić information content (AvgIpc) is 2.17. The number of rotatable bonds is 3. The Morgan fingerprint density at radius 3 is 2.12 bits per heavy atom. The summed E-state index contributed by atoms with van der Waals surface area (Å²) in [5.41, 5.74) is 0. The Morgan fingerprint density at radius 1 is 1.25 bits per heavy atom. The maximum absolute atomic E-state index is 12.2. The van der Waals surface area contributed by atoms with Crippen molar-refractivity contribution in [3.8, 4) is 0 Å². The molecule has 0 aromatic heterocycles. The van der Waals surface area contributed by atoms with Crippen LogP contribution in [0.1, 0.15) is 40.5 Å². The second-order valence-corrected chi connectivity index (χ2v) is 8.04. The van der Waals surface area contributed by atoms with Gasteiger partial charge in [-0.1, -0.05) is 6.92 Å². The first-order valence-corrected chi connectivity index (χ1v) is 7.46. The van der Waals surface area contributed by atoms with Gasteiger partial charge in [0, 0.05) is 19.1 Å². The molecular formula is C11H24N2O2S. The van der Waals surface area contributed by atoms with E-state index in [0.717, 1.165) is 19.4 Å². The van der Waals surface area contributed by atoms with Gasteiger partial charge in [-0.2, -0.15) is 0 Å². The van der Waals surface area contributed by atoms with Crippen molar-refractivity contribution < 1.29 is 8.42 Å². The van der Waals surface area contributed by atoms with E-state index in [1.807, 2.05) is 0 Å². The van der Waals surface area contributed by atoms with Crippen LogP contribution in [0.5, 0.6) is 0 Å². The Bertz CT molecular complexity index is 311. The quantitative estimate of drug-likeness (QED) is 0.816. The number of piperidine rings is 1. The van der Waals surface area contributed by atoms with Crippen molar-refractivity contribution in [2.45, 2.75) is 51.3 Å². The van der Waals surface area contributed by atoms with Gasteiger partial charge in [0.15, 0.2) is 0 Å². The Balaban J connectivity index is 2.61. The molecule has 16 heavy (non-hydrogen) atoms. The second-order valence-electron chi connectivity index (χ2n) is 5.35. The maximum atomic E-state index is 12.2. The van der Waals surface area contributed by atoms with E-state index < -0.39 is 14.8 Å². The molecule has 1 saturated heterocycles. The maximum Gasteiger partial charge on any atom is 0.219 e. The summed E-state index contributed by atoms with van der Waals surface area (Å²) in [5.74, 6) is 0. The molecule has 0 atom stereocenters. The summed E-state index contributed by atoms with van der Waals surface area (Å²) in [7, 11) is -3.13. The molecule has 1 heterocycles. The van der Waals surface area contributed by atoms with Crippen molar-refractivity contribution in [1.29, 1.82) is 0 Å². The smallest absolute Gasteiger partial charge is 0.219 e. The lowest BCUT2D eigenvalue weighted by molar-refractivity contribution is 0.287. The molecule has 96 valence electrons. The van der Waals surface area contributed by atoms with Crippen molar-refractivity contribution in [2.24, 2.45) is 0 Å². The summed E-state index contributed by atoms with van der Waals surface area (Å²) in [6.45, 7) is 9.62. The number of hydrogen-bond donors (Lipinski definition) is 1. The van der Waals surface area contributed by atoms with Crippen molar-refractivity contribution in [2.75, 3.05) is 19.6 Å². The predicted octanol–water partition coefficient (Wildman–Crippen LogP) is 1.19. The van der Waals surface area contributed by atoms with Crippen LogP contribution in [0, 0.1) is 0 Å². The lowest BCUT2D eigenvalue weighted by Crippen LogP contribution is -2.49. The van der Waals surface area contributed by atoms with Crippen LogP contribution in [0.25, 0.3) is 0 Å². The van der Waals surface area contributed by atoms with Crippen LogP contribution in [0.3, 0.4) is 0 Å². The minimum Gasteiger partial charge on any atom is -0.314 e. The lowest BCUT2D eigenvalue weighted by atomic mass is 10.1. The standard InChI is InChI=1S/C11H24N2O2S/c1-5-12-10-6-8-13(9-7-10)16(14,15)11(2,3)4/h10,12H,5-9H2,1-4H3. The van der Waals surface area contributed by atoms with E-state index in [-0.39, 0.29) is 0 Å². The van der Waals surface area contributed by atoms with Crippen LogP contribution in [0.15, 0.2) is 0 Å². The van der Waals surface area contributed by atoms with Crippen LogP contribution in [-0.4, -0.2) is 43.1 Å². The molecule has 4 nitrogen and oxygen atoms in total. The Hall–Kier alpha value is -0.130. The third-order valence-electron chi connectivity index (χ3n) is 3.06. The van der Waals surface area contributed by atoms with Gasteiger partial charge in [0.05, 0.1) is 4.75 Å². The molecule has 0 aromatic rings. The summed E-state index contributed by atoms with van der Waals surface area (Å²) in [6.07, 6.45) is 1.84. The van der Waals surface area contributed by atoms with E-state index in [0.29, 0.717) is 19.1 Å². The highest BCUT2D eigenvalue weighted by Crippen LogP contribution is 2.23. The van der Waals surface area contributed by atoms with Gasteiger partial charge < -0.3 is 5.32 Å². The molecule has 1 aliphatic heterocycles. The lowest BCUT2D eigenvalue weighted by Gasteiger charge is -2.35. The third kappa shape index (κ3) is 2.96. The molecule has 0 radical (unpaired) electrons. The Kier molecular flexibility index (Phi) is 4.37. The molecule has 1 fully saturated rings. The fourth-order valence-electron chi connectivity index (χ4n) is 1.98. The molecule has 0 aromatic carbocycles. The third-order valence-corrected chi connectivity index (χ3v) is 5.65. The van der Waals surface area contributed by atoms with Gasteiger partial charge in [0.2, 0.25) is 10.0 Å². The number of nitrogens with zero attached hydrogens (tertiary/aromatic N) is 1. The highest BCUT2D eigenvalue weighted by atomic mass is 32.2. The average molecular weight is 248 g/mol. The summed E-state index contributed by atoms with van der Waals surface area (Å²) < 4.78 is 25.3. The monoisotopic (exact) mass is 248 g/mol. The molecule has 1 aliphatic rings. The molecular weight excluding hydrogens is 224 g/mol. The summed E-state index contributed by atoms with van der Waals surface area (Å²) in [6, 6.07) is 0.483. The number of nitrogens with one attached hydrogen (secondary N) is 1. The van der Waals surface area contributed by atoms with E-state index in [2.05, 4.69) is 12.2 Å². The van der Waals surface area contributed by atoms with E-state index >= 15 is 0 Å². The van der Waals surface area contributed by atoms with Gasteiger partial charge in [-0.25, -0.2) is 12.7 Å². The van der Waals surface area contributed by atoms with Crippen LogP contribution < -0.4 is 5.32 Å². The minimum absolute atomic E-state index is 0.483. The molecule has 1 N–H and O–H groups in total. The first-order chi connectivity index (χ1) is 7.29. The van der Waals surface area contributed by atoms with Crippen molar-refractivity contribution in [3.63, 3.8) is 0 Å². The van der Waals surface area contributed by atoms with Crippen molar-refractivity contribution in [3.05, 3.63) is 0 Å². The van der Waals surface area contributed by atoms with Gasteiger partial charge in [-0.05, 0) is 40.2 Å². The molecule has 0 unspecified atom stereocenters. The summed E-state index contributed by atoms with van der Waals surface area (Å²) in [4.78, 5) is 0. The summed E-state index contributed by atoms with van der Waals surface area (Å²) in [5, 5.41) is 3.37. The SMILES string of the molecule is CCNC1CCN(S(=O)(=O)C(C)(C)C)CC1. The largest absolute Gasteiger partial charge is 0.314 e. The normalized spacial score (nSPS) is 21.2. The minimum atomic E-state index is -3.13. The van der Waals surface area contributed by atoms with E-state index in [1.165, 1.54) is 0 Å². The van der Waals surface area contributed by atoms with Crippen LogP contribution >= 0.6 is 0 Å². The van der Waals surface area contributed by atoms with Gasteiger partial charge in [-0.3, -0.25) is 0 Å². The van der Waals surface area contributed by atoms with Gasteiger partial charge in [-0.15, -0.1) is 0 Å². The molecule has 0 bridgehead atoms. The van der Waals surface area contributed by atoms with E-state index in [9.17, 15) is 8.42 Å². The zero-order valence-electron chi connectivity index (χ0n) is 10.8. The van der Waals surface area contributed by atoms with Crippen molar-refractivity contribution >= 4 is 10.0 Å². The predicted molar refractivity (Wildman–Crippen MR) is 66.9 cm³/mol. The van der Waals surface area contributed by atoms with E-state index in [1.54, 1.807) is 25.1 Å². The summed E-state index contributed by atoms with van der Waals surface area (Å²) >= 11 is 0.